The SMILES string of the molecule is COc1ccc(-c2csc(NC(=O)CC(C)NC(=O)c3ccccc3)n2)cc1F. The molecule has 0 aliphatic rings. The van der Waals surface area contributed by atoms with Crippen molar-refractivity contribution < 1.29 is 18.7 Å². The van der Waals surface area contributed by atoms with Crippen LogP contribution in [0, 0.1) is 5.82 Å². The van der Waals surface area contributed by atoms with Crippen molar-refractivity contribution >= 4 is 28.3 Å². The molecule has 0 fully saturated rings. The number of thiazole rings is 1. The van der Waals surface area contributed by atoms with E-state index < -0.39 is 5.82 Å². The van der Waals surface area contributed by atoms with Gasteiger partial charge in [0.2, 0.25) is 5.91 Å². The molecule has 6 nitrogen and oxygen atoms in total. The van der Waals surface area contributed by atoms with E-state index >= 15 is 0 Å². The molecule has 1 atom stereocenters. The first-order valence-electron chi connectivity index (χ1n) is 8.91. The van der Waals surface area contributed by atoms with Gasteiger partial charge in [-0.3, -0.25) is 9.59 Å². The molecule has 0 spiro atoms. The second-order valence-corrected chi connectivity index (χ2v) is 7.24. The molecule has 1 aromatic heterocycles. The maximum absolute atomic E-state index is 13.9. The van der Waals surface area contributed by atoms with E-state index in [0.29, 0.717) is 22.0 Å². The molecule has 0 radical (unpaired) electrons. The van der Waals surface area contributed by atoms with E-state index in [-0.39, 0.29) is 30.0 Å². The molecule has 0 saturated carbocycles. The van der Waals surface area contributed by atoms with E-state index in [1.807, 2.05) is 6.07 Å². The zero-order valence-electron chi connectivity index (χ0n) is 15.9. The number of methoxy groups -OCH3 is 1. The number of aromatic nitrogens is 1. The number of carbonyl (C=O) groups is 2. The number of amides is 2. The molecule has 3 rings (SSSR count). The number of benzene rings is 2. The molecule has 29 heavy (non-hydrogen) atoms. The van der Waals surface area contributed by atoms with Gasteiger partial charge in [0, 0.05) is 29.0 Å². The largest absolute Gasteiger partial charge is 0.494 e. The van der Waals surface area contributed by atoms with Crippen molar-refractivity contribution in [2.75, 3.05) is 12.4 Å². The van der Waals surface area contributed by atoms with E-state index in [1.54, 1.807) is 42.6 Å². The van der Waals surface area contributed by atoms with Gasteiger partial charge in [0.15, 0.2) is 16.7 Å². The minimum Gasteiger partial charge on any atom is -0.494 e. The number of hydrogen-bond acceptors (Lipinski definition) is 5. The van der Waals surface area contributed by atoms with Gasteiger partial charge in [-0.05, 0) is 37.3 Å². The van der Waals surface area contributed by atoms with Crippen LogP contribution < -0.4 is 15.4 Å². The summed E-state index contributed by atoms with van der Waals surface area (Å²) in [7, 11) is 1.40. The highest BCUT2D eigenvalue weighted by Crippen LogP contribution is 2.28. The zero-order valence-corrected chi connectivity index (χ0v) is 16.8. The van der Waals surface area contributed by atoms with Crippen molar-refractivity contribution in [2.24, 2.45) is 0 Å². The van der Waals surface area contributed by atoms with Gasteiger partial charge in [-0.2, -0.15) is 0 Å². The van der Waals surface area contributed by atoms with Crippen LogP contribution in [-0.2, 0) is 4.79 Å². The van der Waals surface area contributed by atoms with Crippen molar-refractivity contribution in [3.05, 3.63) is 65.3 Å². The van der Waals surface area contributed by atoms with Crippen LogP contribution in [-0.4, -0.2) is 29.9 Å². The van der Waals surface area contributed by atoms with E-state index in [0.717, 1.165) is 0 Å². The Kier molecular flexibility index (Phi) is 6.56. The first-order valence-corrected chi connectivity index (χ1v) is 9.79. The summed E-state index contributed by atoms with van der Waals surface area (Å²) in [5, 5.41) is 7.64. The van der Waals surface area contributed by atoms with E-state index in [1.165, 1.54) is 30.6 Å². The van der Waals surface area contributed by atoms with E-state index in [4.69, 9.17) is 4.74 Å². The van der Waals surface area contributed by atoms with Crippen LogP contribution in [0.5, 0.6) is 5.75 Å². The standard InChI is InChI=1S/C21H20FN3O3S/c1-13(23-20(27)14-6-4-3-5-7-14)10-19(26)25-21-24-17(12-29-21)15-8-9-18(28-2)16(22)11-15/h3-9,11-13H,10H2,1-2H3,(H,23,27)(H,24,25,26). The molecule has 2 amide bonds. The number of halogens is 1. The molecule has 0 saturated heterocycles. The molecule has 1 heterocycles. The summed E-state index contributed by atoms with van der Waals surface area (Å²) in [5.74, 6) is -0.827. The van der Waals surface area contributed by atoms with Crippen molar-refractivity contribution in [1.29, 1.82) is 0 Å². The highest BCUT2D eigenvalue weighted by Gasteiger charge is 2.15. The molecule has 3 aromatic rings. The minimum atomic E-state index is -0.480. The van der Waals surface area contributed by atoms with Gasteiger partial charge in [0.05, 0.1) is 12.8 Å². The van der Waals surface area contributed by atoms with Gasteiger partial charge >= 0.3 is 0 Å². The lowest BCUT2D eigenvalue weighted by molar-refractivity contribution is -0.116. The number of carbonyl (C=O) groups excluding carboxylic acids is 2. The van der Waals surface area contributed by atoms with Gasteiger partial charge in [0.1, 0.15) is 0 Å². The molecular weight excluding hydrogens is 393 g/mol. The topological polar surface area (TPSA) is 80.3 Å². The number of nitrogens with one attached hydrogen (secondary N) is 2. The van der Waals surface area contributed by atoms with Crippen LogP contribution >= 0.6 is 11.3 Å². The highest BCUT2D eigenvalue weighted by atomic mass is 32.1. The van der Waals surface area contributed by atoms with Gasteiger partial charge in [-0.15, -0.1) is 11.3 Å². The summed E-state index contributed by atoms with van der Waals surface area (Å²) in [5.41, 5.74) is 1.68. The molecule has 0 aliphatic heterocycles. The number of hydrogen-bond donors (Lipinski definition) is 2. The molecule has 8 heteroatoms. The third-order valence-electron chi connectivity index (χ3n) is 4.10. The van der Waals surface area contributed by atoms with Crippen LogP contribution in [0.25, 0.3) is 11.3 Å². The summed E-state index contributed by atoms with van der Waals surface area (Å²) in [4.78, 5) is 28.7. The third kappa shape index (κ3) is 5.39. The third-order valence-corrected chi connectivity index (χ3v) is 4.86. The summed E-state index contributed by atoms with van der Waals surface area (Å²) in [6, 6.07) is 13.0. The van der Waals surface area contributed by atoms with Crippen molar-refractivity contribution in [3.8, 4) is 17.0 Å². The summed E-state index contributed by atoms with van der Waals surface area (Å²) in [6.45, 7) is 1.76. The predicted molar refractivity (Wildman–Crippen MR) is 111 cm³/mol. The van der Waals surface area contributed by atoms with Crippen LogP contribution in [0.15, 0.2) is 53.9 Å². The first-order chi connectivity index (χ1) is 14.0. The van der Waals surface area contributed by atoms with Crippen molar-refractivity contribution in [2.45, 2.75) is 19.4 Å². The lowest BCUT2D eigenvalue weighted by atomic mass is 10.1. The monoisotopic (exact) mass is 413 g/mol. The zero-order chi connectivity index (χ0) is 20.8. The molecule has 0 aliphatic carbocycles. The first kappa shape index (κ1) is 20.5. The summed E-state index contributed by atoms with van der Waals surface area (Å²) >= 11 is 1.24. The number of rotatable bonds is 7. The van der Waals surface area contributed by atoms with Crippen molar-refractivity contribution in [1.82, 2.24) is 10.3 Å². The van der Waals surface area contributed by atoms with Crippen molar-refractivity contribution in [3.63, 3.8) is 0 Å². The average molecular weight is 413 g/mol. The number of anilines is 1. The Morgan fingerprint density at radius 2 is 1.97 bits per heavy atom. The smallest absolute Gasteiger partial charge is 0.251 e. The number of ether oxygens (including phenoxy) is 1. The summed E-state index contributed by atoms with van der Waals surface area (Å²) in [6.07, 6.45) is 0.102. The van der Waals surface area contributed by atoms with Crippen LogP contribution in [0.3, 0.4) is 0 Å². The maximum Gasteiger partial charge on any atom is 0.251 e. The van der Waals surface area contributed by atoms with Gasteiger partial charge < -0.3 is 15.4 Å². The molecule has 0 bridgehead atoms. The van der Waals surface area contributed by atoms with Crippen LogP contribution in [0.1, 0.15) is 23.7 Å². The average Bonchev–Trinajstić information content (AvgIpc) is 3.16. The Labute approximate surface area is 171 Å². The Morgan fingerprint density at radius 3 is 2.66 bits per heavy atom. The molecule has 1 unspecified atom stereocenters. The lowest BCUT2D eigenvalue weighted by Gasteiger charge is -2.13. The molecule has 2 N–H and O–H groups in total. The normalized spacial score (nSPS) is 11.6. The Balaban J connectivity index is 1.56. The quantitative estimate of drug-likeness (QED) is 0.611. The fraction of sp³-hybridized carbons (Fsp3) is 0.190. The Morgan fingerprint density at radius 1 is 1.21 bits per heavy atom. The molecular formula is C21H20FN3O3S. The molecule has 150 valence electrons. The fourth-order valence-corrected chi connectivity index (χ4v) is 3.42. The second kappa shape index (κ2) is 9.29. The summed E-state index contributed by atoms with van der Waals surface area (Å²) < 4.78 is 18.8. The Bertz CT molecular complexity index is 1010. The number of nitrogens with zero attached hydrogens (tertiary/aromatic N) is 1. The van der Waals surface area contributed by atoms with E-state index in [2.05, 4.69) is 15.6 Å². The molecule has 2 aromatic carbocycles. The van der Waals surface area contributed by atoms with Gasteiger partial charge in [0.25, 0.3) is 5.91 Å². The Hall–Kier alpha value is -3.26. The minimum absolute atomic E-state index is 0.102. The maximum atomic E-state index is 13.9. The van der Waals surface area contributed by atoms with Gasteiger partial charge in [-0.1, -0.05) is 18.2 Å². The van der Waals surface area contributed by atoms with Crippen LogP contribution in [0.2, 0.25) is 0 Å². The second-order valence-electron chi connectivity index (χ2n) is 6.38. The van der Waals surface area contributed by atoms with Crippen LogP contribution in [0.4, 0.5) is 9.52 Å². The fourth-order valence-electron chi connectivity index (χ4n) is 2.69. The highest BCUT2D eigenvalue weighted by molar-refractivity contribution is 7.14. The predicted octanol–water partition coefficient (Wildman–Crippen LogP) is 4.10. The van der Waals surface area contributed by atoms with Gasteiger partial charge in [-0.25, -0.2) is 9.37 Å². The van der Waals surface area contributed by atoms with E-state index in [9.17, 15) is 14.0 Å². The lowest BCUT2D eigenvalue weighted by Crippen LogP contribution is -2.35.